The quantitative estimate of drug-likeness (QED) is 0.945. The lowest BCUT2D eigenvalue weighted by Crippen LogP contribution is -2.36. The highest BCUT2D eigenvalue weighted by molar-refractivity contribution is 5.93. The molecule has 1 aliphatic heterocycles. The Hall–Kier alpha value is -2.43. The molecule has 1 amide bonds. The monoisotopic (exact) mass is 296 g/mol. The fourth-order valence-corrected chi connectivity index (χ4v) is 2.59. The van der Waals surface area contributed by atoms with Gasteiger partial charge in [-0.05, 0) is 38.3 Å². The molecule has 0 aliphatic carbocycles. The van der Waals surface area contributed by atoms with Gasteiger partial charge >= 0.3 is 0 Å². The van der Waals surface area contributed by atoms with E-state index in [9.17, 15) is 4.79 Å². The predicted molar refractivity (Wildman–Crippen MR) is 86.2 cm³/mol. The number of nitrogens with zero attached hydrogens (tertiary/aromatic N) is 3. The third-order valence-corrected chi connectivity index (χ3v) is 3.85. The summed E-state index contributed by atoms with van der Waals surface area (Å²) in [6.45, 7) is 3.69. The number of rotatable bonds is 3. The number of carbonyl (C=O) groups is 1. The van der Waals surface area contributed by atoms with Crippen LogP contribution in [-0.2, 0) is 0 Å². The number of anilines is 2. The van der Waals surface area contributed by atoms with Gasteiger partial charge in [-0.3, -0.25) is 4.79 Å². The fourth-order valence-electron chi connectivity index (χ4n) is 2.59. The summed E-state index contributed by atoms with van der Waals surface area (Å²) in [6, 6.07) is 9.76. The number of hydrogen-bond acceptors (Lipinski definition) is 4. The van der Waals surface area contributed by atoms with Gasteiger partial charge in [-0.1, -0.05) is 17.7 Å². The Morgan fingerprint density at radius 2 is 1.82 bits per heavy atom. The Morgan fingerprint density at radius 1 is 1.09 bits per heavy atom. The summed E-state index contributed by atoms with van der Waals surface area (Å²) in [5, 5.41) is 3.21. The van der Waals surface area contributed by atoms with E-state index in [1.807, 2.05) is 36.1 Å². The Labute approximate surface area is 130 Å². The number of piperidine rings is 1. The molecule has 1 aliphatic rings. The van der Waals surface area contributed by atoms with Crippen LogP contribution in [0.25, 0.3) is 0 Å². The van der Waals surface area contributed by atoms with Gasteiger partial charge < -0.3 is 10.2 Å². The van der Waals surface area contributed by atoms with E-state index in [1.54, 1.807) is 6.07 Å². The van der Waals surface area contributed by atoms with Crippen molar-refractivity contribution in [1.29, 1.82) is 0 Å². The van der Waals surface area contributed by atoms with E-state index in [0.29, 0.717) is 11.5 Å². The molecule has 0 atom stereocenters. The van der Waals surface area contributed by atoms with Gasteiger partial charge in [-0.2, -0.15) is 0 Å². The Bertz CT molecular complexity index is 648. The Balaban J connectivity index is 1.74. The summed E-state index contributed by atoms with van der Waals surface area (Å²) >= 11 is 0. The highest BCUT2D eigenvalue weighted by Crippen LogP contribution is 2.17. The molecule has 3 rings (SSSR count). The lowest BCUT2D eigenvalue weighted by atomic mass is 10.1. The largest absolute Gasteiger partial charge is 0.340 e. The van der Waals surface area contributed by atoms with Crippen LogP contribution in [0.15, 0.2) is 36.7 Å². The third-order valence-electron chi connectivity index (χ3n) is 3.85. The fraction of sp³-hybridized carbons (Fsp3) is 0.353. The van der Waals surface area contributed by atoms with E-state index in [2.05, 4.69) is 15.3 Å². The number of amides is 1. The topological polar surface area (TPSA) is 58.1 Å². The lowest BCUT2D eigenvalue weighted by Gasteiger charge is -2.26. The normalized spacial score (nSPS) is 14.7. The Morgan fingerprint density at radius 3 is 2.55 bits per heavy atom. The lowest BCUT2D eigenvalue weighted by molar-refractivity contribution is 0.0718. The molecule has 0 radical (unpaired) electrons. The number of carbonyl (C=O) groups excluding carboxylic acids is 1. The summed E-state index contributed by atoms with van der Waals surface area (Å²) in [4.78, 5) is 22.7. The van der Waals surface area contributed by atoms with Crippen molar-refractivity contribution >= 4 is 17.4 Å². The number of nitrogens with one attached hydrogen (secondary N) is 1. The number of likely N-dealkylation sites (tertiary alicyclic amines) is 1. The van der Waals surface area contributed by atoms with Crippen molar-refractivity contribution in [2.24, 2.45) is 0 Å². The molecule has 2 heterocycles. The summed E-state index contributed by atoms with van der Waals surface area (Å²) in [5.74, 6) is 0.633. The first-order valence-electron chi connectivity index (χ1n) is 7.67. The molecular weight excluding hydrogens is 276 g/mol. The minimum atomic E-state index is -0.00550. The van der Waals surface area contributed by atoms with E-state index in [4.69, 9.17) is 0 Å². The smallest absolute Gasteiger partial charge is 0.272 e. The van der Waals surface area contributed by atoms with Crippen molar-refractivity contribution in [3.05, 3.63) is 47.9 Å². The molecule has 1 N–H and O–H groups in total. The third kappa shape index (κ3) is 3.42. The molecule has 22 heavy (non-hydrogen) atoms. The van der Waals surface area contributed by atoms with Gasteiger partial charge in [0.1, 0.15) is 17.8 Å². The van der Waals surface area contributed by atoms with Crippen LogP contribution < -0.4 is 5.32 Å². The highest BCUT2D eigenvalue weighted by Gasteiger charge is 2.19. The van der Waals surface area contributed by atoms with Crippen molar-refractivity contribution in [1.82, 2.24) is 14.9 Å². The average molecular weight is 296 g/mol. The molecule has 1 fully saturated rings. The summed E-state index contributed by atoms with van der Waals surface area (Å²) in [7, 11) is 0. The van der Waals surface area contributed by atoms with Crippen LogP contribution in [0.3, 0.4) is 0 Å². The van der Waals surface area contributed by atoms with Crippen molar-refractivity contribution in [3.8, 4) is 0 Å². The second kappa shape index (κ2) is 6.56. The van der Waals surface area contributed by atoms with Crippen molar-refractivity contribution < 1.29 is 4.79 Å². The second-order valence-corrected chi connectivity index (χ2v) is 5.63. The van der Waals surface area contributed by atoms with Gasteiger partial charge in [0.2, 0.25) is 0 Å². The molecule has 1 aromatic carbocycles. The average Bonchev–Trinajstić information content (AvgIpc) is 2.57. The van der Waals surface area contributed by atoms with Gasteiger partial charge in [-0.15, -0.1) is 0 Å². The molecule has 0 unspecified atom stereocenters. The molecule has 1 aromatic heterocycles. The van der Waals surface area contributed by atoms with Crippen LogP contribution in [0.1, 0.15) is 35.3 Å². The van der Waals surface area contributed by atoms with E-state index in [0.717, 1.165) is 31.6 Å². The van der Waals surface area contributed by atoms with Crippen LogP contribution in [0, 0.1) is 6.92 Å². The SMILES string of the molecule is Cc1ccc(Nc2cc(C(=O)N3CCCCC3)ncn2)cc1. The number of aryl methyl sites for hydroxylation is 1. The van der Waals surface area contributed by atoms with Crippen LogP contribution in [0.2, 0.25) is 0 Å². The van der Waals surface area contributed by atoms with Gasteiger partial charge in [0, 0.05) is 24.8 Å². The molecule has 0 bridgehead atoms. The van der Waals surface area contributed by atoms with E-state index in [1.165, 1.54) is 18.3 Å². The predicted octanol–water partition coefficient (Wildman–Crippen LogP) is 3.15. The summed E-state index contributed by atoms with van der Waals surface area (Å²) in [5.41, 5.74) is 2.60. The minimum Gasteiger partial charge on any atom is -0.340 e. The van der Waals surface area contributed by atoms with E-state index < -0.39 is 0 Å². The molecule has 5 heteroatoms. The molecule has 5 nitrogen and oxygen atoms in total. The van der Waals surface area contributed by atoms with Crippen LogP contribution in [0.5, 0.6) is 0 Å². The molecular formula is C17H20N4O. The second-order valence-electron chi connectivity index (χ2n) is 5.63. The Kier molecular flexibility index (Phi) is 4.32. The molecule has 0 spiro atoms. The maximum absolute atomic E-state index is 12.5. The maximum Gasteiger partial charge on any atom is 0.272 e. The van der Waals surface area contributed by atoms with Crippen LogP contribution in [-0.4, -0.2) is 33.9 Å². The van der Waals surface area contributed by atoms with Gasteiger partial charge in [-0.25, -0.2) is 9.97 Å². The zero-order valence-corrected chi connectivity index (χ0v) is 12.7. The first kappa shape index (κ1) is 14.5. The summed E-state index contributed by atoms with van der Waals surface area (Å²) in [6.07, 6.45) is 4.79. The molecule has 2 aromatic rings. The maximum atomic E-state index is 12.5. The van der Waals surface area contributed by atoms with Gasteiger partial charge in [0.15, 0.2) is 0 Å². The zero-order valence-electron chi connectivity index (χ0n) is 12.7. The number of benzene rings is 1. The first-order valence-corrected chi connectivity index (χ1v) is 7.67. The van der Waals surface area contributed by atoms with E-state index in [-0.39, 0.29) is 5.91 Å². The molecule has 0 saturated carbocycles. The van der Waals surface area contributed by atoms with E-state index >= 15 is 0 Å². The van der Waals surface area contributed by atoms with Crippen LogP contribution in [0.4, 0.5) is 11.5 Å². The van der Waals surface area contributed by atoms with Crippen LogP contribution >= 0.6 is 0 Å². The van der Waals surface area contributed by atoms with Crippen molar-refractivity contribution in [2.75, 3.05) is 18.4 Å². The minimum absolute atomic E-state index is 0.00550. The number of hydrogen-bond donors (Lipinski definition) is 1. The standard InChI is InChI=1S/C17H20N4O/c1-13-5-7-14(8-6-13)20-16-11-15(18-12-19-16)17(22)21-9-3-2-4-10-21/h5-8,11-12H,2-4,9-10H2,1H3,(H,18,19,20). The molecule has 114 valence electrons. The zero-order chi connectivity index (χ0) is 15.4. The van der Waals surface area contributed by atoms with Crippen molar-refractivity contribution in [2.45, 2.75) is 26.2 Å². The number of aromatic nitrogens is 2. The van der Waals surface area contributed by atoms with Gasteiger partial charge in [0.05, 0.1) is 0 Å². The summed E-state index contributed by atoms with van der Waals surface area (Å²) < 4.78 is 0. The molecule has 1 saturated heterocycles. The highest BCUT2D eigenvalue weighted by atomic mass is 16.2. The van der Waals surface area contributed by atoms with Crippen molar-refractivity contribution in [3.63, 3.8) is 0 Å². The van der Waals surface area contributed by atoms with Gasteiger partial charge in [0.25, 0.3) is 5.91 Å². The first-order chi connectivity index (χ1) is 10.7.